The van der Waals surface area contributed by atoms with Crippen LogP contribution in [0.3, 0.4) is 0 Å². The van der Waals surface area contributed by atoms with Gasteiger partial charge in [-0.2, -0.15) is 0 Å². The molecule has 25 heavy (non-hydrogen) atoms. The smallest absolute Gasteiger partial charge is 0.422 e. The van der Waals surface area contributed by atoms with E-state index in [-0.39, 0.29) is 23.1 Å². The Labute approximate surface area is 146 Å². The van der Waals surface area contributed by atoms with Crippen molar-refractivity contribution >= 4 is 45.8 Å². The highest BCUT2D eigenvalue weighted by atomic mass is 35.5. The van der Waals surface area contributed by atoms with Gasteiger partial charge in [0.2, 0.25) is 11.7 Å². The molecule has 1 aromatic heterocycles. The van der Waals surface area contributed by atoms with Gasteiger partial charge in [0.15, 0.2) is 6.07 Å². The van der Waals surface area contributed by atoms with E-state index in [1.807, 2.05) is 0 Å². The first-order chi connectivity index (χ1) is 12.1. The van der Waals surface area contributed by atoms with Crippen LogP contribution in [-0.2, 0) is 4.74 Å². The van der Waals surface area contributed by atoms with Crippen LogP contribution in [0.25, 0.3) is 10.9 Å². The maximum atomic E-state index is 12.7. The Bertz CT molecular complexity index is 1070. The van der Waals surface area contributed by atoms with Crippen LogP contribution in [-0.4, -0.2) is 33.3 Å². The lowest BCUT2D eigenvalue weighted by Crippen LogP contribution is -2.14. The Hall–Kier alpha value is -3.12. The number of aromatic nitrogens is 1. The molecule has 2 aromatic carbocycles. The summed E-state index contributed by atoms with van der Waals surface area (Å²) in [4.78, 5) is 29.2. The molecule has 4 rings (SSSR count). The van der Waals surface area contributed by atoms with Crippen LogP contribution in [0.15, 0.2) is 53.5 Å². The number of halogens is 1. The van der Waals surface area contributed by atoms with Crippen LogP contribution >= 0.6 is 11.6 Å². The molecule has 0 spiro atoms. The van der Waals surface area contributed by atoms with Gasteiger partial charge in [0.05, 0.1) is 16.8 Å². The molecule has 2 heterocycles. The third-order valence-corrected chi connectivity index (χ3v) is 4.15. The van der Waals surface area contributed by atoms with Crippen molar-refractivity contribution in [3.63, 3.8) is 0 Å². The largest absolute Gasteiger partial charge is 0.494 e. The Balaban J connectivity index is 1.97. The van der Waals surface area contributed by atoms with Crippen molar-refractivity contribution in [3.8, 4) is 5.88 Å². The molecule has 0 saturated heterocycles. The highest BCUT2D eigenvalue weighted by Crippen LogP contribution is 2.37. The number of ether oxygens (including phenoxy) is 1. The molecule has 0 bridgehead atoms. The van der Waals surface area contributed by atoms with Crippen molar-refractivity contribution in [1.82, 2.24) is 4.57 Å². The van der Waals surface area contributed by atoms with E-state index in [2.05, 4.69) is 4.99 Å². The highest BCUT2D eigenvalue weighted by Gasteiger charge is 2.32. The number of aliphatic imine (C=N–C) groups is 1. The standard InChI is InChI=1S/C18H11ClN2O4/c19-9-25-18(24)21-13-8-4-2-6-11(13)14(17(21)23)15-16(22)10-5-1-3-7-12(10)20-15/h1-8,23H,9H2. The molecule has 0 aliphatic carbocycles. The Morgan fingerprint density at radius 1 is 1.16 bits per heavy atom. The zero-order valence-corrected chi connectivity index (χ0v) is 13.5. The molecule has 1 aliphatic rings. The van der Waals surface area contributed by atoms with Crippen molar-refractivity contribution < 1.29 is 19.4 Å². The number of para-hydroxylation sites is 2. The van der Waals surface area contributed by atoms with Crippen LogP contribution in [0, 0.1) is 0 Å². The summed E-state index contributed by atoms with van der Waals surface area (Å²) >= 11 is 5.45. The maximum absolute atomic E-state index is 12.7. The zero-order chi connectivity index (χ0) is 17.6. The number of rotatable bonds is 2. The van der Waals surface area contributed by atoms with E-state index in [0.717, 1.165) is 4.57 Å². The molecule has 124 valence electrons. The monoisotopic (exact) mass is 354 g/mol. The van der Waals surface area contributed by atoms with E-state index in [9.17, 15) is 14.7 Å². The molecule has 0 fully saturated rings. The minimum Gasteiger partial charge on any atom is -0.494 e. The van der Waals surface area contributed by atoms with Gasteiger partial charge in [0, 0.05) is 10.9 Å². The van der Waals surface area contributed by atoms with Crippen LogP contribution < -0.4 is 0 Å². The average Bonchev–Trinajstić information content (AvgIpc) is 3.09. The molecule has 6 nitrogen and oxygen atoms in total. The first-order valence-electron chi connectivity index (χ1n) is 7.41. The van der Waals surface area contributed by atoms with E-state index in [4.69, 9.17) is 16.3 Å². The van der Waals surface area contributed by atoms with E-state index >= 15 is 0 Å². The fraction of sp³-hybridized carbons (Fsp3) is 0.0556. The summed E-state index contributed by atoms with van der Waals surface area (Å²) in [5.41, 5.74) is 1.67. The predicted molar refractivity (Wildman–Crippen MR) is 93.2 cm³/mol. The molecule has 1 N–H and O–H groups in total. The first-order valence-corrected chi connectivity index (χ1v) is 7.95. The summed E-state index contributed by atoms with van der Waals surface area (Å²) in [6.07, 6.45) is -0.835. The van der Waals surface area contributed by atoms with Crippen LogP contribution in [0.5, 0.6) is 5.88 Å². The Kier molecular flexibility index (Phi) is 3.54. The van der Waals surface area contributed by atoms with Gasteiger partial charge in [-0.05, 0) is 18.2 Å². The van der Waals surface area contributed by atoms with Crippen LogP contribution in [0.2, 0.25) is 0 Å². The lowest BCUT2D eigenvalue weighted by molar-refractivity contribution is 0.106. The number of aromatic hydroxyl groups is 1. The molecular weight excluding hydrogens is 344 g/mol. The predicted octanol–water partition coefficient (Wildman–Crippen LogP) is 3.85. The molecule has 7 heteroatoms. The van der Waals surface area contributed by atoms with E-state index in [1.54, 1.807) is 48.5 Å². The SMILES string of the molecule is O=C1C(c2c(O)n(C(=O)OCCl)c3ccccc23)=Nc2ccccc21. The number of hydrogen-bond donors (Lipinski definition) is 1. The number of carbonyl (C=O) groups excluding carboxylic acids is 2. The number of Topliss-reactive ketones (excluding diaryl/α,β-unsaturated/α-hetero) is 1. The zero-order valence-electron chi connectivity index (χ0n) is 12.8. The second-order valence-electron chi connectivity index (χ2n) is 5.38. The minimum atomic E-state index is -0.835. The van der Waals surface area contributed by atoms with Gasteiger partial charge in [0.1, 0.15) is 5.71 Å². The van der Waals surface area contributed by atoms with Crippen molar-refractivity contribution in [2.24, 2.45) is 4.99 Å². The summed E-state index contributed by atoms with van der Waals surface area (Å²) in [5, 5.41) is 11.2. The van der Waals surface area contributed by atoms with Crippen molar-refractivity contribution in [2.45, 2.75) is 0 Å². The average molecular weight is 355 g/mol. The number of carbonyl (C=O) groups is 2. The number of nitrogens with zero attached hydrogens (tertiary/aromatic N) is 2. The molecule has 0 saturated carbocycles. The maximum Gasteiger partial charge on any atom is 0.422 e. The molecular formula is C18H11ClN2O4. The normalized spacial score (nSPS) is 13.0. The van der Waals surface area contributed by atoms with Gasteiger partial charge in [0.25, 0.3) is 0 Å². The lowest BCUT2D eigenvalue weighted by Gasteiger charge is -2.04. The van der Waals surface area contributed by atoms with Gasteiger partial charge < -0.3 is 9.84 Å². The van der Waals surface area contributed by atoms with Gasteiger partial charge in [-0.1, -0.05) is 41.9 Å². The number of hydrogen-bond acceptors (Lipinski definition) is 5. The summed E-state index contributed by atoms with van der Waals surface area (Å²) in [5.74, 6) is -0.712. The third-order valence-electron chi connectivity index (χ3n) is 4.04. The van der Waals surface area contributed by atoms with Gasteiger partial charge in [-0.15, -0.1) is 0 Å². The first kappa shape index (κ1) is 15.4. The van der Waals surface area contributed by atoms with Crippen LogP contribution in [0.4, 0.5) is 10.5 Å². The number of fused-ring (bicyclic) bond motifs is 2. The molecule has 0 amide bonds. The number of ketones is 1. The van der Waals surface area contributed by atoms with Crippen LogP contribution in [0.1, 0.15) is 15.9 Å². The summed E-state index contributed by atoms with van der Waals surface area (Å²) < 4.78 is 5.76. The molecule has 0 unspecified atom stereocenters. The second-order valence-corrected chi connectivity index (χ2v) is 5.60. The van der Waals surface area contributed by atoms with Crippen molar-refractivity contribution in [2.75, 3.05) is 6.07 Å². The second kappa shape index (κ2) is 5.75. The minimum absolute atomic E-state index is 0.0901. The number of benzene rings is 2. The van der Waals surface area contributed by atoms with Gasteiger partial charge in [-0.25, -0.2) is 14.4 Å². The highest BCUT2D eigenvalue weighted by molar-refractivity contribution is 6.56. The summed E-state index contributed by atoms with van der Waals surface area (Å²) in [7, 11) is 0. The van der Waals surface area contributed by atoms with Gasteiger partial charge in [-0.3, -0.25) is 4.79 Å². The van der Waals surface area contributed by atoms with E-state index in [0.29, 0.717) is 22.2 Å². The fourth-order valence-electron chi connectivity index (χ4n) is 2.99. The van der Waals surface area contributed by atoms with E-state index in [1.165, 1.54) is 0 Å². The molecule has 0 radical (unpaired) electrons. The molecule has 0 atom stereocenters. The molecule has 3 aromatic rings. The fourth-order valence-corrected chi connectivity index (χ4v) is 3.08. The lowest BCUT2D eigenvalue weighted by atomic mass is 10.0. The van der Waals surface area contributed by atoms with Gasteiger partial charge >= 0.3 is 6.09 Å². The third kappa shape index (κ3) is 2.22. The summed E-state index contributed by atoms with van der Waals surface area (Å²) in [6, 6.07) is 13.4. The Morgan fingerprint density at radius 2 is 1.88 bits per heavy atom. The van der Waals surface area contributed by atoms with Crippen molar-refractivity contribution in [3.05, 3.63) is 59.7 Å². The van der Waals surface area contributed by atoms with E-state index < -0.39 is 12.0 Å². The quantitative estimate of drug-likeness (QED) is 0.709. The number of alkyl halides is 1. The van der Waals surface area contributed by atoms with Crippen molar-refractivity contribution in [1.29, 1.82) is 0 Å². The summed E-state index contributed by atoms with van der Waals surface area (Å²) in [6.45, 7) is 0. The topological polar surface area (TPSA) is 80.9 Å². The Morgan fingerprint density at radius 3 is 2.64 bits per heavy atom. The molecule has 1 aliphatic heterocycles.